The van der Waals surface area contributed by atoms with Gasteiger partial charge in [-0.05, 0) is 61.4 Å². The fraction of sp³-hybridized carbons (Fsp3) is 0.435. The lowest BCUT2D eigenvalue weighted by atomic mass is 10.1. The number of nitrogens with one attached hydrogen (secondary N) is 2. The maximum Gasteiger partial charge on any atom is 0.279 e. The van der Waals surface area contributed by atoms with Crippen LogP contribution in [-0.2, 0) is 9.53 Å². The van der Waals surface area contributed by atoms with Gasteiger partial charge in [0, 0.05) is 24.5 Å². The standard InChI is InChI=1S/C23H31N3O3/c1-18-14-19(2)16-22(15-18)29-13-8-25(3)17-23(27)24-20-4-6-21(7-5-20)26-9-11-28-12-10-26/h4-7,14-16H,8-13,17H2,1-3H3,(H,24,27)/p+1. The summed E-state index contributed by atoms with van der Waals surface area (Å²) in [5, 5.41) is 2.98. The fourth-order valence-corrected chi connectivity index (χ4v) is 3.50. The first-order valence-corrected chi connectivity index (χ1v) is 10.2. The monoisotopic (exact) mass is 398 g/mol. The lowest BCUT2D eigenvalue weighted by molar-refractivity contribution is -0.871. The number of anilines is 2. The second-order valence-electron chi connectivity index (χ2n) is 7.75. The van der Waals surface area contributed by atoms with E-state index in [-0.39, 0.29) is 5.91 Å². The molecule has 2 aromatic carbocycles. The van der Waals surface area contributed by atoms with E-state index in [9.17, 15) is 4.79 Å². The fourth-order valence-electron chi connectivity index (χ4n) is 3.50. The van der Waals surface area contributed by atoms with Crippen LogP contribution >= 0.6 is 0 Å². The van der Waals surface area contributed by atoms with E-state index >= 15 is 0 Å². The van der Waals surface area contributed by atoms with E-state index in [0.717, 1.165) is 54.9 Å². The van der Waals surface area contributed by atoms with Gasteiger partial charge in [-0.1, -0.05) is 6.07 Å². The molecule has 0 radical (unpaired) electrons. The van der Waals surface area contributed by atoms with Gasteiger partial charge in [0.2, 0.25) is 0 Å². The SMILES string of the molecule is Cc1cc(C)cc(OCC[NH+](C)CC(=O)Nc2ccc(N3CCOCC3)cc2)c1. The predicted molar refractivity (Wildman–Crippen MR) is 116 cm³/mol. The van der Waals surface area contributed by atoms with Gasteiger partial charge in [0.1, 0.15) is 18.9 Å². The average Bonchev–Trinajstić information content (AvgIpc) is 2.68. The molecule has 2 N–H and O–H groups in total. The molecule has 2 aromatic rings. The van der Waals surface area contributed by atoms with Crippen LogP contribution in [0.3, 0.4) is 0 Å². The van der Waals surface area contributed by atoms with Gasteiger partial charge in [-0.15, -0.1) is 0 Å². The van der Waals surface area contributed by atoms with Crippen molar-refractivity contribution in [2.45, 2.75) is 13.8 Å². The number of likely N-dealkylation sites (N-methyl/N-ethyl adjacent to an activating group) is 1. The normalized spacial score (nSPS) is 15.1. The van der Waals surface area contributed by atoms with Crippen molar-refractivity contribution < 1.29 is 19.2 Å². The van der Waals surface area contributed by atoms with Gasteiger partial charge in [-0.3, -0.25) is 4.79 Å². The Morgan fingerprint density at radius 3 is 2.41 bits per heavy atom. The van der Waals surface area contributed by atoms with Gasteiger partial charge in [0.15, 0.2) is 6.54 Å². The zero-order valence-corrected chi connectivity index (χ0v) is 17.7. The number of morpholine rings is 1. The van der Waals surface area contributed by atoms with E-state index in [1.54, 1.807) is 0 Å². The molecule has 0 saturated carbocycles. The van der Waals surface area contributed by atoms with Crippen LogP contribution in [0, 0.1) is 13.8 Å². The van der Waals surface area contributed by atoms with E-state index in [1.165, 1.54) is 11.1 Å². The summed E-state index contributed by atoms with van der Waals surface area (Å²) in [5.74, 6) is 0.896. The Kier molecular flexibility index (Phi) is 7.49. The summed E-state index contributed by atoms with van der Waals surface area (Å²) in [6.07, 6.45) is 0. The number of rotatable bonds is 8. The zero-order chi connectivity index (χ0) is 20.6. The Bertz CT molecular complexity index is 781. The minimum absolute atomic E-state index is 0.00743. The first kappa shape index (κ1) is 21.1. The van der Waals surface area contributed by atoms with Crippen LogP contribution in [-0.4, -0.2) is 59.0 Å². The van der Waals surface area contributed by atoms with Crippen LogP contribution < -0.4 is 19.9 Å². The smallest absolute Gasteiger partial charge is 0.279 e. The molecular weight excluding hydrogens is 366 g/mol. The van der Waals surface area contributed by atoms with Gasteiger partial charge >= 0.3 is 0 Å². The largest absolute Gasteiger partial charge is 0.488 e. The quantitative estimate of drug-likeness (QED) is 0.710. The number of carbonyl (C=O) groups is 1. The number of hydrogen-bond acceptors (Lipinski definition) is 4. The van der Waals surface area contributed by atoms with E-state index in [4.69, 9.17) is 9.47 Å². The predicted octanol–water partition coefficient (Wildman–Crippen LogP) is 1.67. The minimum Gasteiger partial charge on any atom is -0.488 e. The first-order chi connectivity index (χ1) is 14.0. The second kappa shape index (κ2) is 10.3. The van der Waals surface area contributed by atoms with Gasteiger partial charge in [-0.25, -0.2) is 0 Å². The van der Waals surface area contributed by atoms with E-state index in [1.807, 2.05) is 31.3 Å². The van der Waals surface area contributed by atoms with Gasteiger partial charge in [0.25, 0.3) is 5.91 Å². The first-order valence-electron chi connectivity index (χ1n) is 10.2. The molecule has 156 valence electrons. The highest BCUT2D eigenvalue weighted by Gasteiger charge is 2.13. The lowest BCUT2D eigenvalue weighted by Gasteiger charge is -2.28. The number of carbonyl (C=O) groups excluding carboxylic acids is 1. The highest BCUT2D eigenvalue weighted by molar-refractivity contribution is 5.91. The number of benzene rings is 2. The van der Waals surface area contributed by atoms with Crippen LogP contribution in [0.5, 0.6) is 5.75 Å². The lowest BCUT2D eigenvalue weighted by Crippen LogP contribution is -3.10. The van der Waals surface area contributed by atoms with E-state index < -0.39 is 0 Å². The Morgan fingerprint density at radius 2 is 1.76 bits per heavy atom. The summed E-state index contributed by atoms with van der Waals surface area (Å²) in [4.78, 5) is 15.7. The Labute approximate surface area is 173 Å². The Morgan fingerprint density at radius 1 is 1.10 bits per heavy atom. The number of hydrogen-bond donors (Lipinski definition) is 2. The summed E-state index contributed by atoms with van der Waals surface area (Å²) in [5.41, 5.74) is 4.38. The summed E-state index contributed by atoms with van der Waals surface area (Å²) in [6.45, 7) is 9.22. The number of quaternary nitrogens is 1. The molecule has 6 nitrogen and oxygen atoms in total. The van der Waals surface area contributed by atoms with Gasteiger partial charge < -0.3 is 24.6 Å². The maximum absolute atomic E-state index is 12.3. The molecule has 1 amide bonds. The number of ether oxygens (including phenoxy) is 2. The molecule has 1 fully saturated rings. The third-order valence-electron chi connectivity index (χ3n) is 4.98. The van der Waals surface area contributed by atoms with Crippen LogP contribution in [0.15, 0.2) is 42.5 Å². The molecule has 3 rings (SSSR count). The molecule has 0 aliphatic carbocycles. The number of nitrogens with zero attached hydrogens (tertiary/aromatic N) is 1. The van der Waals surface area contributed by atoms with E-state index in [0.29, 0.717) is 13.2 Å². The molecule has 0 aromatic heterocycles. The molecule has 1 aliphatic rings. The number of amides is 1. The van der Waals surface area contributed by atoms with Gasteiger partial charge in [0.05, 0.1) is 20.3 Å². The summed E-state index contributed by atoms with van der Waals surface area (Å²) in [6, 6.07) is 14.2. The average molecular weight is 399 g/mol. The van der Waals surface area contributed by atoms with Crippen LogP contribution in [0.2, 0.25) is 0 Å². The van der Waals surface area contributed by atoms with Crippen molar-refractivity contribution in [3.63, 3.8) is 0 Å². The molecule has 0 spiro atoms. The third-order valence-corrected chi connectivity index (χ3v) is 4.98. The van der Waals surface area contributed by atoms with Crippen molar-refractivity contribution >= 4 is 17.3 Å². The van der Waals surface area contributed by atoms with Crippen LogP contribution in [0.1, 0.15) is 11.1 Å². The summed E-state index contributed by atoms with van der Waals surface area (Å²) >= 11 is 0. The van der Waals surface area contributed by atoms with Crippen molar-refractivity contribution in [1.82, 2.24) is 0 Å². The minimum atomic E-state index is 0.00743. The second-order valence-corrected chi connectivity index (χ2v) is 7.75. The topological polar surface area (TPSA) is 55.2 Å². The van der Waals surface area contributed by atoms with Crippen molar-refractivity contribution in [2.75, 3.05) is 63.3 Å². The summed E-state index contributed by atoms with van der Waals surface area (Å²) in [7, 11) is 2.01. The Balaban J connectivity index is 1.40. The molecule has 6 heteroatoms. The van der Waals surface area contributed by atoms with Crippen LogP contribution in [0.4, 0.5) is 11.4 Å². The number of aryl methyl sites for hydroxylation is 2. The van der Waals surface area contributed by atoms with E-state index in [2.05, 4.69) is 42.3 Å². The van der Waals surface area contributed by atoms with Crippen molar-refractivity contribution in [3.8, 4) is 5.75 Å². The van der Waals surface area contributed by atoms with Crippen molar-refractivity contribution in [1.29, 1.82) is 0 Å². The molecule has 1 unspecified atom stereocenters. The van der Waals surface area contributed by atoms with Gasteiger partial charge in [-0.2, -0.15) is 0 Å². The highest BCUT2D eigenvalue weighted by Crippen LogP contribution is 2.19. The van der Waals surface area contributed by atoms with Crippen molar-refractivity contribution in [3.05, 3.63) is 53.6 Å². The van der Waals surface area contributed by atoms with Crippen LogP contribution in [0.25, 0.3) is 0 Å². The van der Waals surface area contributed by atoms with Crippen molar-refractivity contribution in [2.24, 2.45) is 0 Å². The third kappa shape index (κ3) is 6.76. The molecule has 0 bridgehead atoms. The Hall–Kier alpha value is -2.57. The maximum atomic E-state index is 12.3. The molecule has 1 heterocycles. The molecular formula is C23H32N3O3+. The molecule has 1 aliphatic heterocycles. The molecule has 29 heavy (non-hydrogen) atoms. The molecule has 1 saturated heterocycles. The highest BCUT2D eigenvalue weighted by atomic mass is 16.5. The zero-order valence-electron chi connectivity index (χ0n) is 17.7. The molecule has 1 atom stereocenters. The summed E-state index contributed by atoms with van der Waals surface area (Å²) < 4.78 is 11.2.